The van der Waals surface area contributed by atoms with Gasteiger partial charge in [0, 0.05) is 12.1 Å². The van der Waals surface area contributed by atoms with E-state index in [0.29, 0.717) is 23.1 Å². The largest absolute Gasteiger partial charge is 0.573 e. The molecule has 1 aliphatic rings. The Kier molecular flexibility index (Phi) is 8.66. The lowest BCUT2D eigenvalue weighted by atomic mass is 9.90. The third-order valence-electron chi connectivity index (χ3n) is 7.01. The summed E-state index contributed by atoms with van der Waals surface area (Å²) in [4.78, 5) is 17.8. The van der Waals surface area contributed by atoms with Gasteiger partial charge in [-0.05, 0) is 59.4 Å². The van der Waals surface area contributed by atoms with Gasteiger partial charge < -0.3 is 9.47 Å². The number of hydrogen-bond donors (Lipinski definition) is 0. The van der Waals surface area contributed by atoms with Crippen LogP contribution in [0.25, 0.3) is 11.1 Å². The van der Waals surface area contributed by atoms with Crippen LogP contribution in [0.5, 0.6) is 5.75 Å². The summed E-state index contributed by atoms with van der Waals surface area (Å²) < 4.78 is 76.2. The number of ether oxygens (including phenoxy) is 2. The van der Waals surface area contributed by atoms with Crippen molar-refractivity contribution in [2.24, 2.45) is 10.9 Å². The van der Waals surface area contributed by atoms with Gasteiger partial charge in [0.1, 0.15) is 17.4 Å². The molecular weight excluding hydrogens is 553 g/mol. The number of benzene rings is 4. The van der Waals surface area contributed by atoms with Gasteiger partial charge in [-0.15, -0.1) is 13.2 Å². The van der Waals surface area contributed by atoms with Crippen LogP contribution >= 0.6 is 0 Å². The number of esters is 1. The Morgan fingerprint density at radius 3 is 2.05 bits per heavy atom. The van der Waals surface area contributed by atoms with Crippen molar-refractivity contribution in [3.63, 3.8) is 0 Å². The molecule has 0 saturated heterocycles. The molecular formula is C33H26F5NO3. The molecule has 4 nitrogen and oxygen atoms in total. The Balaban J connectivity index is 1.34. The predicted molar refractivity (Wildman–Crippen MR) is 148 cm³/mol. The summed E-state index contributed by atoms with van der Waals surface area (Å²) in [7, 11) is 0. The van der Waals surface area contributed by atoms with Crippen LogP contribution in [-0.2, 0) is 16.0 Å². The van der Waals surface area contributed by atoms with Gasteiger partial charge >= 0.3 is 12.3 Å². The van der Waals surface area contributed by atoms with Crippen LogP contribution in [-0.4, -0.2) is 24.7 Å². The van der Waals surface area contributed by atoms with Gasteiger partial charge in [0.05, 0.1) is 24.1 Å². The van der Waals surface area contributed by atoms with Gasteiger partial charge in [-0.25, -0.2) is 8.78 Å². The Morgan fingerprint density at radius 1 is 0.810 bits per heavy atom. The number of carbonyl (C=O) groups is 1. The van der Waals surface area contributed by atoms with E-state index in [1.165, 1.54) is 30.3 Å². The first-order chi connectivity index (χ1) is 20.2. The molecule has 0 saturated carbocycles. The molecule has 0 fully saturated rings. The lowest BCUT2D eigenvalue weighted by molar-refractivity contribution is -0.274. The van der Waals surface area contributed by atoms with Gasteiger partial charge in [0.2, 0.25) is 0 Å². The average Bonchev–Trinajstić information content (AvgIpc) is 3.40. The third kappa shape index (κ3) is 7.02. The number of alkyl halides is 3. The maximum Gasteiger partial charge on any atom is 0.573 e. The zero-order valence-electron chi connectivity index (χ0n) is 22.3. The number of aliphatic imine (C=N–C) groups is 1. The molecule has 0 N–H and O–H groups in total. The highest BCUT2D eigenvalue weighted by Crippen LogP contribution is 2.39. The summed E-state index contributed by atoms with van der Waals surface area (Å²) in [6.45, 7) is 0.188. The Hall–Kier alpha value is -4.53. The highest BCUT2D eigenvalue weighted by Gasteiger charge is 2.39. The maximum absolute atomic E-state index is 14.6. The number of rotatable bonds is 9. The first kappa shape index (κ1) is 29.0. The Bertz CT molecular complexity index is 1530. The van der Waals surface area contributed by atoms with Gasteiger partial charge in [-0.2, -0.15) is 0 Å². The lowest BCUT2D eigenvalue weighted by Crippen LogP contribution is -2.22. The van der Waals surface area contributed by atoms with Gasteiger partial charge in [0.15, 0.2) is 0 Å². The van der Waals surface area contributed by atoms with E-state index < -0.39 is 35.9 Å². The number of carbonyl (C=O) groups excluding carboxylic acids is 1. The molecule has 0 spiro atoms. The zero-order valence-corrected chi connectivity index (χ0v) is 22.3. The van der Waals surface area contributed by atoms with Crippen molar-refractivity contribution < 1.29 is 36.2 Å². The van der Waals surface area contributed by atoms with Crippen molar-refractivity contribution >= 4 is 11.7 Å². The number of nitrogens with zero attached hydrogens (tertiary/aromatic N) is 1. The Labute approximate surface area is 239 Å². The summed E-state index contributed by atoms with van der Waals surface area (Å²) in [5.74, 6) is -3.16. The molecule has 5 rings (SSSR count). The van der Waals surface area contributed by atoms with Gasteiger partial charge in [0.25, 0.3) is 0 Å². The molecule has 1 unspecified atom stereocenters. The highest BCUT2D eigenvalue weighted by atomic mass is 19.4. The van der Waals surface area contributed by atoms with E-state index in [1.807, 2.05) is 30.3 Å². The molecule has 0 aliphatic carbocycles. The number of hydrogen-bond acceptors (Lipinski definition) is 4. The van der Waals surface area contributed by atoms with Crippen LogP contribution in [0.15, 0.2) is 102 Å². The van der Waals surface area contributed by atoms with Crippen LogP contribution in [0.1, 0.15) is 35.6 Å². The van der Waals surface area contributed by atoms with Crippen LogP contribution in [0.3, 0.4) is 0 Å². The predicted octanol–water partition coefficient (Wildman–Crippen LogP) is 8.26. The smallest absolute Gasteiger partial charge is 0.465 e. The van der Waals surface area contributed by atoms with E-state index in [4.69, 9.17) is 4.74 Å². The summed E-state index contributed by atoms with van der Waals surface area (Å²) in [6.07, 6.45) is -3.43. The molecule has 1 aliphatic heterocycles. The fourth-order valence-corrected chi connectivity index (χ4v) is 5.01. The minimum Gasteiger partial charge on any atom is -0.465 e. The standard InChI is InChI=1S/C33H26F5NO3/c34-27-9-4-10-28(35)30(27)29-20-26(32(40)41-19-5-8-21-6-2-1-3-7-21)31(39-29)24-13-11-22(12-14-24)23-15-17-25(18-16-23)42-33(36,37)38/h1-4,6-7,9-18,26,31H,5,8,19-20H2/t26-,31?/m0/s1. The molecule has 1 heterocycles. The fraction of sp³-hybridized carbons (Fsp3) is 0.212. The monoisotopic (exact) mass is 579 g/mol. The van der Waals surface area contributed by atoms with E-state index >= 15 is 0 Å². The minimum atomic E-state index is -4.78. The molecule has 4 aromatic rings. The quantitative estimate of drug-likeness (QED) is 0.114. The molecule has 9 heteroatoms. The van der Waals surface area contributed by atoms with Crippen molar-refractivity contribution in [1.82, 2.24) is 0 Å². The van der Waals surface area contributed by atoms with E-state index in [9.17, 15) is 26.7 Å². The van der Waals surface area contributed by atoms with Crippen LogP contribution < -0.4 is 4.74 Å². The first-order valence-electron chi connectivity index (χ1n) is 13.4. The zero-order chi connectivity index (χ0) is 29.7. The second-order valence-electron chi connectivity index (χ2n) is 9.88. The second-order valence-corrected chi connectivity index (χ2v) is 9.88. The van der Waals surface area contributed by atoms with Crippen molar-refractivity contribution in [2.45, 2.75) is 31.7 Å². The van der Waals surface area contributed by atoms with Crippen LogP contribution in [0, 0.1) is 17.6 Å². The molecule has 216 valence electrons. The van der Waals surface area contributed by atoms with E-state index in [0.717, 1.165) is 24.1 Å². The van der Waals surface area contributed by atoms with Gasteiger partial charge in [-0.3, -0.25) is 9.79 Å². The van der Waals surface area contributed by atoms with Crippen LogP contribution in [0.2, 0.25) is 0 Å². The molecule has 2 atom stereocenters. The summed E-state index contributed by atoms with van der Waals surface area (Å²) in [5, 5.41) is 0. The second kappa shape index (κ2) is 12.5. The first-order valence-corrected chi connectivity index (χ1v) is 13.4. The number of aryl methyl sites for hydroxylation is 1. The summed E-state index contributed by atoms with van der Waals surface area (Å²) in [5.41, 5.74) is 2.99. The maximum atomic E-state index is 14.6. The SMILES string of the molecule is O=C(OCCCc1ccccc1)[C@H]1CC(c2c(F)cccc2F)=NC1c1ccc(-c2ccc(OC(F)(F)F)cc2)cc1. The van der Waals surface area contributed by atoms with Crippen LogP contribution in [0.4, 0.5) is 22.0 Å². The molecule has 0 amide bonds. The molecule has 42 heavy (non-hydrogen) atoms. The fourth-order valence-electron chi connectivity index (χ4n) is 5.01. The molecule has 0 radical (unpaired) electrons. The number of halogens is 5. The summed E-state index contributed by atoms with van der Waals surface area (Å²) in [6, 6.07) is 25.0. The van der Waals surface area contributed by atoms with Crippen molar-refractivity contribution in [1.29, 1.82) is 0 Å². The average molecular weight is 580 g/mol. The van der Waals surface area contributed by atoms with E-state index in [1.54, 1.807) is 24.3 Å². The minimum absolute atomic E-state index is 0.00244. The lowest BCUT2D eigenvalue weighted by Gasteiger charge is -2.18. The topological polar surface area (TPSA) is 47.9 Å². The highest BCUT2D eigenvalue weighted by molar-refractivity contribution is 6.04. The van der Waals surface area contributed by atoms with E-state index in [2.05, 4.69) is 9.73 Å². The third-order valence-corrected chi connectivity index (χ3v) is 7.01. The van der Waals surface area contributed by atoms with E-state index in [-0.39, 0.29) is 30.1 Å². The molecule has 0 aromatic heterocycles. The molecule has 4 aromatic carbocycles. The van der Waals surface area contributed by atoms with Crippen molar-refractivity contribution in [2.75, 3.05) is 6.61 Å². The molecule has 0 bridgehead atoms. The van der Waals surface area contributed by atoms with Crippen molar-refractivity contribution in [3.05, 3.63) is 125 Å². The van der Waals surface area contributed by atoms with Gasteiger partial charge in [-0.1, -0.05) is 72.8 Å². The van der Waals surface area contributed by atoms with Crippen molar-refractivity contribution in [3.8, 4) is 16.9 Å². The normalized spacial score (nSPS) is 16.6. The Morgan fingerprint density at radius 2 is 1.43 bits per heavy atom. The summed E-state index contributed by atoms with van der Waals surface area (Å²) >= 11 is 0.